The van der Waals surface area contributed by atoms with Crippen LogP contribution in [0.4, 0.5) is 0 Å². The molecule has 0 radical (unpaired) electrons. The molecule has 0 bridgehead atoms. The summed E-state index contributed by atoms with van der Waals surface area (Å²) >= 11 is 0. The van der Waals surface area contributed by atoms with Crippen LogP contribution < -0.4 is 0 Å². The number of nitrogens with zero attached hydrogens (tertiary/aromatic N) is 2. The highest BCUT2D eigenvalue weighted by Gasteiger charge is 2.15. The van der Waals surface area contributed by atoms with Crippen molar-refractivity contribution in [3.05, 3.63) is 59.5 Å². The number of aryl methyl sites for hydroxylation is 1. The zero-order valence-corrected chi connectivity index (χ0v) is 13.6. The van der Waals surface area contributed by atoms with Crippen LogP contribution in [0.25, 0.3) is 0 Å². The second kappa shape index (κ2) is 7.80. The molecule has 1 amide bonds. The van der Waals surface area contributed by atoms with Gasteiger partial charge in [0.2, 0.25) is 5.91 Å². The van der Waals surface area contributed by atoms with E-state index in [0.717, 1.165) is 24.6 Å². The Bertz CT molecular complexity index is 592. The standard InChI is InChI=1S/C18H24N2O2/c1-4-20(12-16-8-6-5-7-9-16)14-18(21)19(3)13-17-11-10-15(2)22-17/h5-11H,4,12-14H2,1-3H3. The van der Waals surface area contributed by atoms with Crippen LogP contribution in [-0.4, -0.2) is 35.8 Å². The van der Waals surface area contributed by atoms with Gasteiger partial charge in [-0.25, -0.2) is 0 Å². The van der Waals surface area contributed by atoms with Gasteiger partial charge in [-0.05, 0) is 31.2 Å². The minimum atomic E-state index is 0.104. The molecule has 1 aromatic carbocycles. The predicted molar refractivity (Wildman–Crippen MR) is 87.3 cm³/mol. The minimum Gasteiger partial charge on any atom is -0.464 e. The van der Waals surface area contributed by atoms with Gasteiger partial charge in [0.05, 0.1) is 13.1 Å². The van der Waals surface area contributed by atoms with Crippen molar-refractivity contribution >= 4 is 5.91 Å². The Labute approximate surface area is 132 Å². The van der Waals surface area contributed by atoms with Gasteiger partial charge in [-0.15, -0.1) is 0 Å². The molecule has 0 spiro atoms. The van der Waals surface area contributed by atoms with Crippen LogP contribution in [0, 0.1) is 6.92 Å². The SMILES string of the molecule is CCN(CC(=O)N(C)Cc1ccc(C)o1)Cc1ccccc1. The largest absolute Gasteiger partial charge is 0.464 e. The minimum absolute atomic E-state index is 0.104. The Kier molecular flexibility index (Phi) is 5.78. The van der Waals surface area contributed by atoms with E-state index in [1.165, 1.54) is 5.56 Å². The molecule has 0 fully saturated rings. The lowest BCUT2D eigenvalue weighted by atomic mass is 10.2. The summed E-state index contributed by atoms with van der Waals surface area (Å²) in [6.07, 6.45) is 0. The molecule has 1 aromatic heterocycles. The maximum atomic E-state index is 12.4. The van der Waals surface area contributed by atoms with E-state index in [1.54, 1.807) is 4.90 Å². The van der Waals surface area contributed by atoms with Crippen molar-refractivity contribution in [1.82, 2.24) is 9.80 Å². The second-order valence-corrected chi connectivity index (χ2v) is 5.55. The lowest BCUT2D eigenvalue weighted by Gasteiger charge is -2.23. The molecular formula is C18H24N2O2. The van der Waals surface area contributed by atoms with Crippen molar-refractivity contribution in [3.8, 4) is 0 Å². The van der Waals surface area contributed by atoms with Crippen LogP contribution in [0.3, 0.4) is 0 Å². The van der Waals surface area contributed by atoms with Crippen LogP contribution in [0.5, 0.6) is 0 Å². The van der Waals surface area contributed by atoms with Gasteiger partial charge in [-0.1, -0.05) is 37.3 Å². The molecule has 0 aliphatic carbocycles. The van der Waals surface area contributed by atoms with Crippen molar-refractivity contribution in [2.75, 3.05) is 20.1 Å². The van der Waals surface area contributed by atoms with E-state index in [1.807, 2.05) is 44.3 Å². The summed E-state index contributed by atoms with van der Waals surface area (Å²) in [6.45, 7) is 6.54. The van der Waals surface area contributed by atoms with E-state index in [-0.39, 0.29) is 5.91 Å². The quantitative estimate of drug-likeness (QED) is 0.788. The molecule has 0 saturated heterocycles. The zero-order chi connectivity index (χ0) is 15.9. The van der Waals surface area contributed by atoms with Gasteiger partial charge in [-0.3, -0.25) is 9.69 Å². The number of carbonyl (C=O) groups excluding carboxylic acids is 1. The smallest absolute Gasteiger partial charge is 0.236 e. The predicted octanol–water partition coefficient (Wildman–Crippen LogP) is 3.07. The van der Waals surface area contributed by atoms with Crippen LogP contribution >= 0.6 is 0 Å². The number of carbonyl (C=O) groups is 1. The Hall–Kier alpha value is -2.07. The highest BCUT2D eigenvalue weighted by molar-refractivity contribution is 5.77. The van der Waals surface area contributed by atoms with Crippen molar-refractivity contribution in [2.45, 2.75) is 26.9 Å². The Morgan fingerprint density at radius 2 is 1.82 bits per heavy atom. The highest BCUT2D eigenvalue weighted by Crippen LogP contribution is 2.10. The Morgan fingerprint density at radius 1 is 1.09 bits per heavy atom. The number of amides is 1. The Balaban J connectivity index is 1.88. The number of likely N-dealkylation sites (N-methyl/N-ethyl adjacent to an activating group) is 2. The molecular weight excluding hydrogens is 276 g/mol. The van der Waals surface area contributed by atoms with Gasteiger partial charge in [0.25, 0.3) is 0 Å². The summed E-state index contributed by atoms with van der Waals surface area (Å²) < 4.78 is 5.52. The maximum Gasteiger partial charge on any atom is 0.236 e. The molecule has 0 N–H and O–H groups in total. The first-order chi connectivity index (χ1) is 10.6. The summed E-state index contributed by atoms with van der Waals surface area (Å²) in [5, 5.41) is 0. The monoisotopic (exact) mass is 300 g/mol. The van der Waals surface area contributed by atoms with Gasteiger partial charge in [0, 0.05) is 13.6 Å². The third-order valence-corrected chi connectivity index (χ3v) is 3.67. The van der Waals surface area contributed by atoms with E-state index in [2.05, 4.69) is 24.0 Å². The molecule has 0 unspecified atom stereocenters. The molecule has 0 aliphatic rings. The van der Waals surface area contributed by atoms with Gasteiger partial charge in [-0.2, -0.15) is 0 Å². The molecule has 118 valence electrons. The lowest BCUT2D eigenvalue weighted by molar-refractivity contribution is -0.132. The van der Waals surface area contributed by atoms with Gasteiger partial charge < -0.3 is 9.32 Å². The molecule has 1 heterocycles. The summed E-state index contributed by atoms with van der Waals surface area (Å²) in [4.78, 5) is 16.2. The van der Waals surface area contributed by atoms with Crippen LogP contribution in [-0.2, 0) is 17.9 Å². The summed E-state index contributed by atoms with van der Waals surface area (Å²) in [5.74, 6) is 1.79. The van der Waals surface area contributed by atoms with Crippen molar-refractivity contribution in [1.29, 1.82) is 0 Å². The molecule has 4 heteroatoms. The molecule has 0 aliphatic heterocycles. The lowest BCUT2D eigenvalue weighted by Crippen LogP contribution is -2.37. The molecule has 2 rings (SSSR count). The molecule has 0 atom stereocenters. The highest BCUT2D eigenvalue weighted by atomic mass is 16.3. The maximum absolute atomic E-state index is 12.4. The topological polar surface area (TPSA) is 36.7 Å². The van der Waals surface area contributed by atoms with Crippen LogP contribution in [0.1, 0.15) is 24.0 Å². The molecule has 2 aromatic rings. The van der Waals surface area contributed by atoms with Gasteiger partial charge in [0.1, 0.15) is 11.5 Å². The molecule has 4 nitrogen and oxygen atoms in total. The number of hydrogen-bond acceptors (Lipinski definition) is 3. The third kappa shape index (κ3) is 4.74. The Morgan fingerprint density at radius 3 is 2.41 bits per heavy atom. The van der Waals surface area contributed by atoms with E-state index in [0.29, 0.717) is 13.1 Å². The van der Waals surface area contributed by atoms with E-state index < -0.39 is 0 Å². The first-order valence-corrected chi connectivity index (χ1v) is 7.64. The average Bonchev–Trinajstić information content (AvgIpc) is 2.92. The number of rotatable bonds is 7. The average molecular weight is 300 g/mol. The normalized spacial score (nSPS) is 10.9. The number of hydrogen-bond donors (Lipinski definition) is 0. The fraction of sp³-hybridized carbons (Fsp3) is 0.389. The van der Waals surface area contributed by atoms with Gasteiger partial charge in [0.15, 0.2) is 0 Å². The fourth-order valence-electron chi connectivity index (χ4n) is 2.33. The number of furan rings is 1. The van der Waals surface area contributed by atoms with Crippen molar-refractivity contribution < 1.29 is 9.21 Å². The first-order valence-electron chi connectivity index (χ1n) is 7.64. The first kappa shape index (κ1) is 16.3. The van der Waals surface area contributed by atoms with Crippen molar-refractivity contribution in [2.24, 2.45) is 0 Å². The van der Waals surface area contributed by atoms with Gasteiger partial charge >= 0.3 is 0 Å². The van der Waals surface area contributed by atoms with Crippen molar-refractivity contribution in [3.63, 3.8) is 0 Å². The van der Waals surface area contributed by atoms with E-state index in [4.69, 9.17) is 4.42 Å². The number of benzene rings is 1. The van der Waals surface area contributed by atoms with E-state index >= 15 is 0 Å². The zero-order valence-electron chi connectivity index (χ0n) is 13.6. The molecule has 0 saturated carbocycles. The summed E-state index contributed by atoms with van der Waals surface area (Å²) in [6, 6.07) is 14.1. The summed E-state index contributed by atoms with van der Waals surface area (Å²) in [7, 11) is 1.82. The second-order valence-electron chi connectivity index (χ2n) is 5.55. The van der Waals surface area contributed by atoms with Crippen LogP contribution in [0.15, 0.2) is 46.9 Å². The molecule has 22 heavy (non-hydrogen) atoms. The third-order valence-electron chi connectivity index (χ3n) is 3.67. The summed E-state index contributed by atoms with van der Waals surface area (Å²) in [5.41, 5.74) is 1.22. The van der Waals surface area contributed by atoms with Crippen LogP contribution in [0.2, 0.25) is 0 Å². The fourth-order valence-corrected chi connectivity index (χ4v) is 2.33. The van der Waals surface area contributed by atoms with E-state index in [9.17, 15) is 4.79 Å².